The summed E-state index contributed by atoms with van der Waals surface area (Å²) in [5.74, 6) is -0.562. The summed E-state index contributed by atoms with van der Waals surface area (Å²) < 4.78 is 5.22. The van der Waals surface area contributed by atoms with Crippen molar-refractivity contribution in [3.05, 3.63) is 71.3 Å². The van der Waals surface area contributed by atoms with E-state index in [1.54, 1.807) is 13.0 Å². The van der Waals surface area contributed by atoms with Gasteiger partial charge in [0.15, 0.2) is 6.10 Å². The van der Waals surface area contributed by atoms with E-state index in [2.05, 4.69) is 19.2 Å². The molecule has 4 heteroatoms. The normalized spacial score (nSPS) is 13.2. The van der Waals surface area contributed by atoms with Gasteiger partial charge in [0.25, 0.3) is 5.91 Å². The van der Waals surface area contributed by atoms with Crippen LogP contribution in [-0.2, 0) is 14.3 Å². The van der Waals surface area contributed by atoms with Gasteiger partial charge in [-0.15, -0.1) is 0 Å². The van der Waals surface area contributed by atoms with E-state index in [-0.39, 0.29) is 5.91 Å². The third kappa shape index (κ3) is 6.10. The molecule has 4 nitrogen and oxygen atoms in total. The summed E-state index contributed by atoms with van der Waals surface area (Å²) in [6.07, 6.45) is 3.10. The van der Waals surface area contributed by atoms with Crippen LogP contribution in [0.4, 0.5) is 5.69 Å². The molecule has 27 heavy (non-hydrogen) atoms. The highest BCUT2D eigenvalue weighted by Crippen LogP contribution is 2.26. The van der Waals surface area contributed by atoms with Gasteiger partial charge < -0.3 is 10.1 Å². The topological polar surface area (TPSA) is 55.4 Å². The highest BCUT2D eigenvalue weighted by atomic mass is 16.5. The Kier molecular flexibility index (Phi) is 7.35. The first-order valence-corrected chi connectivity index (χ1v) is 9.25. The summed E-state index contributed by atoms with van der Waals surface area (Å²) in [6.45, 7) is 7.79. The van der Waals surface area contributed by atoms with Crippen molar-refractivity contribution in [1.82, 2.24) is 0 Å². The minimum Gasteiger partial charge on any atom is -0.449 e. The van der Waals surface area contributed by atoms with Crippen molar-refractivity contribution in [1.29, 1.82) is 0 Å². The van der Waals surface area contributed by atoms with E-state index < -0.39 is 12.1 Å². The number of para-hydroxylation sites is 1. The molecule has 0 aliphatic rings. The molecule has 0 aliphatic heterocycles. The average Bonchev–Trinajstić information content (AvgIpc) is 2.67. The Hall–Kier alpha value is -2.88. The number of hydrogen-bond acceptors (Lipinski definition) is 3. The van der Waals surface area contributed by atoms with E-state index in [0.29, 0.717) is 5.92 Å². The molecule has 2 atom stereocenters. The smallest absolute Gasteiger partial charge is 0.331 e. The molecule has 0 saturated carbocycles. The number of aryl methyl sites for hydroxylation is 1. The summed E-state index contributed by atoms with van der Waals surface area (Å²) in [7, 11) is 0. The van der Waals surface area contributed by atoms with Crippen LogP contribution in [0, 0.1) is 6.92 Å². The van der Waals surface area contributed by atoms with Gasteiger partial charge in [0.05, 0.1) is 0 Å². The second kappa shape index (κ2) is 9.72. The number of carbonyl (C=O) groups is 2. The molecule has 2 aromatic rings. The second-order valence-electron chi connectivity index (χ2n) is 6.71. The number of esters is 1. The first kappa shape index (κ1) is 20.4. The number of ether oxygens (including phenoxy) is 1. The third-order valence-corrected chi connectivity index (χ3v) is 4.51. The van der Waals surface area contributed by atoms with E-state index >= 15 is 0 Å². The second-order valence-corrected chi connectivity index (χ2v) is 6.71. The van der Waals surface area contributed by atoms with E-state index in [1.807, 2.05) is 55.5 Å². The van der Waals surface area contributed by atoms with E-state index in [4.69, 9.17) is 4.74 Å². The van der Waals surface area contributed by atoms with Gasteiger partial charge in [0.1, 0.15) is 0 Å². The molecule has 0 fully saturated rings. The number of hydrogen-bond donors (Lipinski definition) is 1. The lowest BCUT2D eigenvalue weighted by atomic mass is 9.97. The molecule has 2 rings (SSSR count). The van der Waals surface area contributed by atoms with E-state index in [0.717, 1.165) is 28.8 Å². The van der Waals surface area contributed by atoms with Crippen LogP contribution in [0.15, 0.2) is 54.6 Å². The highest BCUT2D eigenvalue weighted by molar-refractivity contribution is 5.97. The number of nitrogens with one attached hydrogen (secondary N) is 1. The van der Waals surface area contributed by atoms with Crippen LogP contribution in [0.3, 0.4) is 0 Å². The number of benzene rings is 2. The standard InChI is InChI=1S/C23H27NO3/c1-5-17(3)20-8-6-7-9-21(20)24-23(26)18(4)27-22(25)15-14-19-12-10-16(2)11-13-19/h6-15,17-18H,5H2,1-4H3,(H,24,26)/b15-14+/t17-,18+/m0/s1. The predicted molar refractivity (Wildman–Crippen MR) is 110 cm³/mol. The van der Waals surface area contributed by atoms with Crippen LogP contribution in [0.1, 0.15) is 49.8 Å². The molecule has 2 aromatic carbocycles. The highest BCUT2D eigenvalue weighted by Gasteiger charge is 2.18. The van der Waals surface area contributed by atoms with Crippen LogP contribution in [0.5, 0.6) is 0 Å². The molecule has 0 radical (unpaired) electrons. The summed E-state index contributed by atoms with van der Waals surface area (Å²) >= 11 is 0. The molecule has 0 saturated heterocycles. The van der Waals surface area contributed by atoms with Gasteiger partial charge in [0.2, 0.25) is 0 Å². The maximum atomic E-state index is 12.4. The van der Waals surface area contributed by atoms with Gasteiger partial charge in [-0.3, -0.25) is 4.79 Å². The van der Waals surface area contributed by atoms with Crippen LogP contribution in [-0.4, -0.2) is 18.0 Å². The Morgan fingerprint density at radius 1 is 1.07 bits per heavy atom. The Morgan fingerprint density at radius 2 is 1.74 bits per heavy atom. The monoisotopic (exact) mass is 365 g/mol. The van der Waals surface area contributed by atoms with E-state index in [9.17, 15) is 9.59 Å². The zero-order chi connectivity index (χ0) is 19.8. The van der Waals surface area contributed by atoms with Crippen molar-refractivity contribution in [3.8, 4) is 0 Å². The Balaban J connectivity index is 1.95. The van der Waals surface area contributed by atoms with Gasteiger partial charge in [-0.2, -0.15) is 0 Å². The zero-order valence-corrected chi connectivity index (χ0v) is 16.4. The number of rotatable bonds is 7. The Bertz CT molecular complexity index is 809. The zero-order valence-electron chi connectivity index (χ0n) is 16.4. The maximum absolute atomic E-state index is 12.4. The molecular weight excluding hydrogens is 338 g/mol. The van der Waals surface area contributed by atoms with Gasteiger partial charge in [-0.05, 0) is 49.5 Å². The summed E-state index contributed by atoms with van der Waals surface area (Å²) in [5.41, 5.74) is 3.89. The fraction of sp³-hybridized carbons (Fsp3) is 0.304. The van der Waals surface area contributed by atoms with Crippen LogP contribution in [0.2, 0.25) is 0 Å². The Morgan fingerprint density at radius 3 is 2.41 bits per heavy atom. The van der Waals surface area contributed by atoms with Gasteiger partial charge in [-0.25, -0.2) is 4.79 Å². The lowest BCUT2D eigenvalue weighted by molar-refractivity contribution is -0.148. The quantitative estimate of drug-likeness (QED) is 0.549. The lowest BCUT2D eigenvalue weighted by Gasteiger charge is -2.17. The largest absolute Gasteiger partial charge is 0.449 e. The molecule has 0 heterocycles. The van der Waals surface area contributed by atoms with Crippen LogP contribution >= 0.6 is 0 Å². The third-order valence-electron chi connectivity index (χ3n) is 4.51. The molecule has 1 amide bonds. The Labute approximate surface area is 161 Å². The van der Waals surface area contributed by atoms with Crippen LogP contribution < -0.4 is 5.32 Å². The van der Waals surface area contributed by atoms with Crippen molar-refractivity contribution >= 4 is 23.6 Å². The summed E-state index contributed by atoms with van der Waals surface area (Å²) in [5, 5.41) is 2.87. The van der Waals surface area contributed by atoms with Crippen molar-refractivity contribution < 1.29 is 14.3 Å². The average molecular weight is 365 g/mol. The molecule has 142 valence electrons. The fourth-order valence-corrected chi connectivity index (χ4v) is 2.60. The molecule has 0 aliphatic carbocycles. The lowest BCUT2D eigenvalue weighted by Crippen LogP contribution is -2.29. The molecule has 0 unspecified atom stereocenters. The number of anilines is 1. The van der Waals surface area contributed by atoms with Crippen LogP contribution in [0.25, 0.3) is 6.08 Å². The SMILES string of the molecule is CC[C@H](C)c1ccccc1NC(=O)[C@@H](C)OC(=O)/C=C/c1ccc(C)cc1. The van der Waals surface area contributed by atoms with Gasteiger partial charge in [0, 0.05) is 11.8 Å². The van der Waals surface area contributed by atoms with Crippen molar-refractivity contribution in [3.63, 3.8) is 0 Å². The minimum atomic E-state index is -0.884. The molecule has 1 N–H and O–H groups in total. The molecule has 0 spiro atoms. The van der Waals surface area contributed by atoms with E-state index in [1.165, 1.54) is 6.08 Å². The number of amides is 1. The first-order chi connectivity index (χ1) is 12.9. The van der Waals surface area contributed by atoms with Crippen molar-refractivity contribution in [2.75, 3.05) is 5.32 Å². The first-order valence-electron chi connectivity index (χ1n) is 9.25. The summed E-state index contributed by atoms with van der Waals surface area (Å²) in [6, 6.07) is 15.5. The minimum absolute atomic E-state index is 0.330. The summed E-state index contributed by atoms with van der Waals surface area (Å²) in [4.78, 5) is 24.4. The molecule has 0 aromatic heterocycles. The molecular formula is C23H27NO3. The fourth-order valence-electron chi connectivity index (χ4n) is 2.60. The predicted octanol–water partition coefficient (Wildman–Crippen LogP) is 5.09. The van der Waals surface area contributed by atoms with Crippen molar-refractivity contribution in [2.24, 2.45) is 0 Å². The van der Waals surface area contributed by atoms with Crippen molar-refractivity contribution in [2.45, 2.75) is 46.1 Å². The maximum Gasteiger partial charge on any atom is 0.331 e. The van der Waals surface area contributed by atoms with Gasteiger partial charge >= 0.3 is 5.97 Å². The van der Waals surface area contributed by atoms with Gasteiger partial charge in [-0.1, -0.05) is 61.9 Å². The molecule has 0 bridgehead atoms. The number of carbonyl (C=O) groups excluding carboxylic acids is 2.